The predicted molar refractivity (Wildman–Crippen MR) is 240 cm³/mol. The average Bonchev–Trinajstić information content (AvgIpc) is 3.81. The third-order valence-electron chi connectivity index (χ3n) is 10.8. The second kappa shape index (κ2) is 14.4. The maximum atomic E-state index is 7.97. The number of pyridine rings is 2. The van der Waals surface area contributed by atoms with Gasteiger partial charge in [-0.3, -0.25) is 19.1 Å². The van der Waals surface area contributed by atoms with Crippen molar-refractivity contribution in [2.75, 3.05) is 0 Å². The lowest BCUT2D eigenvalue weighted by Crippen LogP contribution is -1.97. The summed E-state index contributed by atoms with van der Waals surface area (Å²) < 4.78 is 41.0. The Morgan fingerprint density at radius 2 is 0.883 bits per heavy atom. The number of fused-ring (bicyclic) bond motifs is 6. The van der Waals surface area contributed by atoms with Gasteiger partial charge in [0.25, 0.3) is 0 Å². The van der Waals surface area contributed by atoms with E-state index in [2.05, 4.69) is 65.0 Å². The Hall–Kier alpha value is -8.10. The van der Waals surface area contributed by atoms with Gasteiger partial charge in [0.1, 0.15) is 34.6 Å². The van der Waals surface area contributed by atoms with Crippen LogP contribution in [0.5, 0.6) is 23.0 Å². The number of aryl methyl sites for hydroxylation is 2. The van der Waals surface area contributed by atoms with Gasteiger partial charge in [0, 0.05) is 61.3 Å². The lowest BCUT2D eigenvalue weighted by Gasteiger charge is -2.11. The monoisotopic (exact) mass is 779 g/mol. The van der Waals surface area contributed by atoms with Crippen LogP contribution >= 0.6 is 0 Å². The van der Waals surface area contributed by atoms with Gasteiger partial charge in [-0.05, 0) is 110 Å². The van der Waals surface area contributed by atoms with Crippen LogP contribution in [0.2, 0.25) is 0 Å². The fraction of sp³-hybridized carbons (Fsp3) is 0.0385. The van der Waals surface area contributed by atoms with Crippen molar-refractivity contribution < 1.29 is 13.6 Å². The highest BCUT2D eigenvalue weighted by molar-refractivity contribution is 6.10. The Kier molecular flexibility index (Phi) is 7.65. The number of para-hydroxylation sites is 2. The summed E-state index contributed by atoms with van der Waals surface area (Å²) in [5.41, 5.74) is 8.34. The van der Waals surface area contributed by atoms with Crippen LogP contribution in [-0.2, 0) is 0 Å². The van der Waals surface area contributed by atoms with Crippen molar-refractivity contribution in [1.82, 2.24) is 29.1 Å². The molecule has 0 aliphatic rings. The molecule has 0 fully saturated rings. The van der Waals surface area contributed by atoms with E-state index in [1.165, 1.54) is 6.07 Å². The zero-order valence-corrected chi connectivity index (χ0v) is 32.3. The zero-order valence-electron chi connectivity index (χ0n) is 35.3. The van der Waals surface area contributed by atoms with E-state index in [1.54, 1.807) is 24.7 Å². The largest absolute Gasteiger partial charge is 0.457 e. The summed E-state index contributed by atoms with van der Waals surface area (Å²) in [5, 5.41) is 4.30. The molecule has 0 aliphatic heterocycles. The number of hydrogen-bond donors (Lipinski definition) is 0. The van der Waals surface area contributed by atoms with E-state index in [0.717, 1.165) is 66.1 Å². The molecule has 0 spiro atoms. The summed E-state index contributed by atoms with van der Waals surface area (Å²) in [5.74, 6) is 4.00. The van der Waals surface area contributed by atoms with Gasteiger partial charge in [-0.2, -0.15) is 0 Å². The number of rotatable bonds is 8. The number of ether oxygens (including phenoxy) is 2. The minimum absolute atomic E-state index is 0.225. The molecule has 8 heteroatoms. The molecule has 286 valence electrons. The first kappa shape index (κ1) is 31.9. The summed E-state index contributed by atoms with van der Waals surface area (Å²) in [4.78, 5) is 18.9. The fourth-order valence-corrected chi connectivity index (χ4v) is 8.04. The van der Waals surface area contributed by atoms with Crippen molar-refractivity contribution in [2.24, 2.45) is 0 Å². The summed E-state index contributed by atoms with van der Waals surface area (Å²) in [6, 6.07) is 51.3. The summed E-state index contributed by atoms with van der Waals surface area (Å²) >= 11 is 0. The molecular formula is C52H36N6O2. The maximum absolute atomic E-state index is 7.97. The molecule has 0 bridgehead atoms. The van der Waals surface area contributed by atoms with Crippen LogP contribution in [0.4, 0.5) is 0 Å². The van der Waals surface area contributed by atoms with E-state index in [0.29, 0.717) is 40.2 Å². The van der Waals surface area contributed by atoms with Crippen LogP contribution < -0.4 is 9.47 Å². The van der Waals surface area contributed by atoms with Crippen molar-refractivity contribution in [3.63, 3.8) is 0 Å². The van der Waals surface area contributed by atoms with Gasteiger partial charge in [0.05, 0.1) is 45.8 Å². The molecule has 0 saturated carbocycles. The predicted octanol–water partition coefficient (Wildman–Crippen LogP) is 13.0. The molecule has 0 amide bonds. The highest BCUT2D eigenvalue weighted by Gasteiger charge is 2.16. The minimum atomic E-state index is -2.26. The molecule has 11 aromatic rings. The standard InChI is InChI=1S/C52H36N6O2/c1-33-21-23-53-51(25-33)57-47-15-5-3-13-41(47)43-19-17-39(29-49(43)57)59-37-11-7-9-35(27-37)45-31-56-46(32-55-45)36-10-8-12-38(28-36)60-40-18-20-44-42-14-4-6-16-48(42)58(50(44)30-40)52-26-34(2)22-24-54-52/h3-32H,1-2H3/i1D3. The third-order valence-corrected chi connectivity index (χ3v) is 10.8. The molecule has 0 radical (unpaired) electrons. The van der Waals surface area contributed by atoms with Gasteiger partial charge in [-0.25, -0.2) is 9.97 Å². The Morgan fingerprint density at radius 1 is 0.417 bits per heavy atom. The molecule has 0 N–H and O–H groups in total. The summed E-state index contributed by atoms with van der Waals surface area (Å²) in [6.45, 7) is -0.187. The SMILES string of the molecule is [2H]C([2H])([2H])c1ccnc(-n2c3ccccc3c3ccc(Oc4cccc(-c5cnc(-c6cccc(Oc7ccc8c9ccccc9n(-c9cc(C)ccn9)c8c7)c6)cn5)c4)cc32)c1. The van der Waals surface area contributed by atoms with E-state index in [1.807, 2.05) is 108 Å². The van der Waals surface area contributed by atoms with Crippen LogP contribution in [-0.4, -0.2) is 29.1 Å². The van der Waals surface area contributed by atoms with E-state index in [9.17, 15) is 0 Å². The second-order valence-electron chi connectivity index (χ2n) is 14.7. The van der Waals surface area contributed by atoms with Gasteiger partial charge in [-0.1, -0.05) is 60.7 Å². The molecule has 0 saturated heterocycles. The number of aromatic nitrogens is 6. The Morgan fingerprint density at radius 3 is 1.38 bits per heavy atom. The lowest BCUT2D eigenvalue weighted by molar-refractivity contribution is 0.483. The highest BCUT2D eigenvalue weighted by atomic mass is 16.5. The first-order valence-corrected chi connectivity index (χ1v) is 19.6. The second-order valence-corrected chi connectivity index (χ2v) is 14.7. The van der Waals surface area contributed by atoms with Crippen LogP contribution in [0, 0.1) is 13.8 Å². The first-order chi connectivity index (χ1) is 30.7. The Labute approximate surface area is 349 Å². The van der Waals surface area contributed by atoms with Crippen LogP contribution in [0.1, 0.15) is 15.2 Å². The molecule has 5 aromatic heterocycles. The Bertz CT molecular complexity index is 3540. The normalized spacial score (nSPS) is 12.4. The smallest absolute Gasteiger partial charge is 0.137 e. The molecular weight excluding hydrogens is 741 g/mol. The zero-order chi connectivity index (χ0) is 42.7. The summed E-state index contributed by atoms with van der Waals surface area (Å²) in [6.07, 6.45) is 6.91. The Balaban J connectivity index is 0.850. The molecule has 0 aliphatic carbocycles. The van der Waals surface area contributed by atoms with Crippen LogP contribution in [0.15, 0.2) is 183 Å². The highest BCUT2D eigenvalue weighted by Crippen LogP contribution is 2.37. The number of hydrogen-bond acceptors (Lipinski definition) is 6. The minimum Gasteiger partial charge on any atom is -0.457 e. The molecule has 11 rings (SSSR count). The maximum Gasteiger partial charge on any atom is 0.137 e. The van der Waals surface area contributed by atoms with Gasteiger partial charge in [0.2, 0.25) is 0 Å². The van der Waals surface area contributed by atoms with Gasteiger partial charge < -0.3 is 9.47 Å². The van der Waals surface area contributed by atoms with E-state index < -0.39 is 6.85 Å². The van der Waals surface area contributed by atoms with Gasteiger partial charge in [-0.15, -0.1) is 0 Å². The molecule has 8 nitrogen and oxygen atoms in total. The molecule has 5 heterocycles. The van der Waals surface area contributed by atoms with Crippen LogP contribution in [0.3, 0.4) is 0 Å². The van der Waals surface area contributed by atoms with Gasteiger partial charge >= 0.3 is 0 Å². The van der Waals surface area contributed by atoms with Gasteiger partial charge in [0.15, 0.2) is 0 Å². The van der Waals surface area contributed by atoms with E-state index in [4.69, 9.17) is 28.5 Å². The summed E-state index contributed by atoms with van der Waals surface area (Å²) in [7, 11) is 0. The molecule has 0 atom stereocenters. The fourth-order valence-electron chi connectivity index (χ4n) is 8.04. The van der Waals surface area contributed by atoms with E-state index >= 15 is 0 Å². The van der Waals surface area contributed by atoms with Crippen molar-refractivity contribution in [3.05, 3.63) is 194 Å². The lowest BCUT2D eigenvalue weighted by atomic mass is 10.1. The first-order valence-electron chi connectivity index (χ1n) is 21.1. The molecule has 60 heavy (non-hydrogen) atoms. The quantitative estimate of drug-likeness (QED) is 0.153. The van der Waals surface area contributed by atoms with Crippen molar-refractivity contribution >= 4 is 43.6 Å². The topological polar surface area (TPSA) is 79.9 Å². The van der Waals surface area contributed by atoms with E-state index in [-0.39, 0.29) is 5.56 Å². The van der Waals surface area contributed by atoms with Crippen LogP contribution in [0.25, 0.3) is 77.8 Å². The van der Waals surface area contributed by atoms with Crippen molar-refractivity contribution in [2.45, 2.75) is 13.8 Å². The van der Waals surface area contributed by atoms with Crippen molar-refractivity contribution in [1.29, 1.82) is 0 Å². The number of benzene rings is 6. The number of nitrogens with zero attached hydrogens (tertiary/aromatic N) is 6. The average molecular weight is 780 g/mol. The third kappa shape index (κ3) is 6.27. The van der Waals surface area contributed by atoms with Crippen molar-refractivity contribution in [3.8, 4) is 57.1 Å². The molecule has 6 aromatic carbocycles. The molecule has 0 unspecified atom stereocenters.